The van der Waals surface area contributed by atoms with E-state index in [1.807, 2.05) is 5.38 Å². The number of hydrogen-bond acceptors (Lipinski definition) is 5. The molecule has 5 nitrogen and oxygen atoms in total. The van der Waals surface area contributed by atoms with Crippen molar-refractivity contribution < 1.29 is 9.59 Å². The van der Waals surface area contributed by atoms with E-state index in [2.05, 4.69) is 10.3 Å². The summed E-state index contributed by atoms with van der Waals surface area (Å²) >= 11 is 1.51. The second kappa shape index (κ2) is 7.10. The number of nitrogens with zero attached hydrogens (tertiary/aromatic N) is 1. The van der Waals surface area contributed by atoms with Crippen LogP contribution in [0, 0.1) is 0 Å². The molecule has 21 heavy (non-hydrogen) atoms. The summed E-state index contributed by atoms with van der Waals surface area (Å²) in [5.41, 5.74) is 7.24. The third kappa shape index (κ3) is 4.21. The summed E-state index contributed by atoms with van der Waals surface area (Å²) in [5.74, 6) is -0.266. The lowest BCUT2D eigenvalue weighted by atomic mass is 10.1. The van der Waals surface area contributed by atoms with E-state index in [-0.39, 0.29) is 18.1 Å². The molecule has 0 aliphatic carbocycles. The Bertz CT molecular complexity index is 652. The number of rotatable bonds is 6. The molecule has 0 aliphatic heterocycles. The largest absolute Gasteiger partial charge is 0.330 e. The Balaban J connectivity index is 2.03. The lowest BCUT2D eigenvalue weighted by molar-refractivity contribution is -0.115. The number of amides is 1. The number of Topliss-reactive ketones (excluding diaryl/α,β-unsaturated/α-hetero) is 1. The maximum Gasteiger partial charge on any atom is 0.230 e. The van der Waals surface area contributed by atoms with Crippen molar-refractivity contribution in [3.63, 3.8) is 0 Å². The van der Waals surface area contributed by atoms with Gasteiger partial charge in [-0.1, -0.05) is 12.1 Å². The highest BCUT2D eigenvalue weighted by atomic mass is 32.1. The first-order chi connectivity index (χ1) is 10.1. The molecule has 2 aromatic rings. The van der Waals surface area contributed by atoms with Gasteiger partial charge in [0.25, 0.3) is 0 Å². The molecule has 0 unspecified atom stereocenters. The van der Waals surface area contributed by atoms with Crippen LogP contribution in [0.4, 0.5) is 5.69 Å². The number of carbonyl (C=O) groups excluding carboxylic acids is 2. The summed E-state index contributed by atoms with van der Waals surface area (Å²) in [4.78, 5) is 27.9. The predicted molar refractivity (Wildman–Crippen MR) is 83.7 cm³/mol. The third-order valence-corrected chi connectivity index (χ3v) is 3.84. The fourth-order valence-electron chi connectivity index (χ4n) is 1.93. The lowest BCUT2D eigenvalue weighted by Crippen LogP contribution is -2.16. The quantitative estimate of drug-likeness (QED) is 0.800. The van der Waals surface area contributed by atoms with Crippen LogP contribution in [0.5, 0.6) is 0 Å². The van der Waals surface area contributed by atoms with Gasteiger partial charge < -0.3 is 11.1 Å². The van der Waals surface area contributed by atoms with Gasteiger partial charge >= 0.3 is 0 Å². The zero-order chi connectivity index (χ0) is 15.2. The number of nitrogens with two attached hydrogens (primary N) is 1. The van der Waals surface area contributed by atoms with E-state index < -0.39 is 0 Å². The van der Waals surface area contributed by atoms with Gasteiger partial charge in [-0.15, -0.1) is 11.3 Å². The van der Waals surface area contributed by atoms with Crippen molar-refractivity contribution in [2.24, 2.45) is 5.73 Å². The van der Waals surface area contributed by atoms with E-state index >= 15 is 0 Å². The Labute approximate surface area is 127 Å². The number of benzene rings is 1. The first-order valence-electron chi connectivity index (χ1n) is 6.63. The zero-order valence-corrected chi connectivity index (χ0v) is 12.6. The molecule has 0 aliphatic rings. The number of hydrogen-bond donors (Lipinski definition) is 2. The smallest absolute Gasteiger partial charge is 0.230 e. The van der Waals surface area contributed by atoms with Crippen molar-refractivity contribution in [1.29, 1.82) is 0 Å². The molecule has 110 valence electrons. The molecule has 0 atom stereocenters. The maximum absolute atomic E-state index is 12.0. The molecule has 0 fully saturated rings. The summed E-state index contributed by atoms with van der Waals surface area (Å²) in [6.07, 6.45) is 0.909. The van der Waals surface area contributed by atoms with Crippen molar-refractivity contribution in [3.8, 4) is 0 Å². The van der Waals surface area contributed by atoms with Crippen molar-refractivity contribution in [1.82, 2.24) is 4.98 Å². The van der Waals surface area contributed by atoms with E-state index in [9.17, 15) is 9.59 Å². The minimum atomic E-state index is -0.187. The molecule has 1 heterocycles. The van der Waals surface area contributed by atoms with E-state index in [1.165, 1.54) is 18.3 Å². The third-order valence-electron chi connectivity index (χ3n) is 2.88. The number of aromatic nitrogens is 1. The molecule has 0 radical (unpaired) electrons. The maximum atomic E-state index is 12.0. The standard InChI is InChI=1S/C15H17N3O2S/c1-10(19)12-4-2-3-5-13(12)18-14(20)8-11-9-21-15(17-11)6-7-16/h2-5,9H,6-8,16H2,1H3,(H,18,20). The summed E-state index contributed by atoms with van der Waals surface area (Å²) < 4.78 is 0. The van der Waals surface area contributed by atoms with E-state index in [0.29, 0.717) is 17.8 Å². The summed E-state index contributed by atoms with van der Waals surface area (Å²) in [6, 6.07) is 6.96. The summed E-state index contributed by atoms with van der Waals surface area (Å²) in [7, 11) is 0. The Morgan fingerprint density at radius 2 is 2.10 bits per heavy atom. The first kappa shape index (κ1) is 15.3. The molecule has 2 rings (SSSR count). The van der Waals surface area contributed by atoms with E-state index in [1.54, 1.807) is 24.3 Å². The minimum Gasteiger partial charge on any atom is -0.330 e. The second-order valence-electron chi connectivity index (χ2n) is 4.60. The van der Waals surface area contributed by atoms with Crippen molar-refractivity contribution >= 4 is 28.7 Å². The first-order valence-corrected chi connectivity index (χ1v) is 7.51. The van der Waals surface area contributed by atoms with Crippen LogP contribution >= 0.6 is 11.3 Å². The molecule has 1 amide bonds. The molecule has 3 N–H and O–H groups in total. The van der Waals surface area contributed by atoms with Gasteiger partial charge in [0.1, 0.15) is 0 Å². The average Bonchev–Trinajstić information content (AvgIpc) is 2.86. The molecule has 0 saturated heterocycles. The monoisotopic (exact) mass is 303 g/mol. The molecule has 0 spiro atoms. The minimum absolute atomic E-state index is 0.0789. The fraction of sp³-hybridized carbons (Fsp3) is 0.267. The van der Waals surface area contributed by atoms with Crippen LogP contribution in [-0.4, -0.2) is 23.2 Å². The van der Waals surface area contributed by atoms with Gasteiger partial charge in [-0.2, -0.15) is 0 Å². The highest BCUT2D eigenvalue weighted by Crippen LogP contribution is 2.16. The Hall–Kier alpha value is -2.05. The summed E-state index contributed by atoms with van der Waals surface area (Å²) in [5, 5.41) is 5.56. The molecule has 0 bridgehead atoms. The number of ketones is 1. The Morgan fingerprint density at radius 3 is 2.81 bits per heavy atom. The van der Waals surface area contributed by atoms with Gasteiger partial charge in [-0.3, -0.25) is 9.59 Å². The number of para-hydroxylation sites is 1. The second-order valence-corrected chi connectivity index (χ2v) is 5.54. The van der Waals surface area contributed by atoms with Gasteiger partial charge in [0.05, 0.1) is 22.8 Å². The van der Waals surface area contributed by atoms with Crippen molar-refractivity contribution in [2.75, 3.05) is 11.9 Å². The number of carbonyl (C=O) groups is 2. The fourth-order valence-corrected chi connectivity index (χ4v) is 2.74. The van der Waals surface area contributed by atoms with Gasteiger partial charge in [0.15, 0.2) is 5.78 Å². The molecule has 1 aromatic heterocycles. The van der Waals surface area contributed by atoms with Gasteiger partial charge in [-0.25, -0.2) is 4.98 Å². The normalized spacial score (nSPS) is 10.4. The van der Waals surface area contributed by atoms with Crippen LogP contribution < -0.4 is 11.1 Å². The van der Waals surface area contributed by atoms with Crippen LogP contribution in [0.2, 0.25) is 0 Å². The summed E-state index contributed by atoms with van der Waals surface area (Å²) in [6.45, 7) is 2.02. The van der Waals surface area contributed by atoms with E-state index in [4.69, 9.17) is 5.73 Å². The van der Waals surface area contributed by atoms with Crippen LogP contribution in [0.15, 0.2) is 29.6 Å². The predicted octanol–water partition coefficient (Wildman–Crippen LogP) is 2.03. The Morgan fingerprint density at radius 1 is 1.33 bits per heavy atom. The number of thiazole rings is 1. The molecular weight excluding hydrogens is 286 g/mol. The van der Waals surface area contributed by atoms with Crippen LogP contribution in [0.3, 0.4) is 0 Å². The SMILES string of the molecule is CC(=O)c1ccccc1NC(=O)Cc1csc(CCN)n1. The van der Waals surface area contributed by atoms with Crippen LogP contribution in [0.1, 0.15) is 28.0 Å². The molecule has 0 saturated carbocycles. The molecule has 6 heteroatoms. The van der Waals surface area contributed by atoms with Gasteiger partial charge in [0.2, 0.25) is 5.91 Å². The number of anilines is 1. The molecule has 1 aromatic carbocycles. The lowest BCUT2D eigenvalue weighted by Gasteiger charge is -2.08. The Kier molecular flexibility index (Phi) is 5.19. The van der Waals surface area contributed by atoms with Gasteiger partial charge in [-0.05, 0) is 25.6 Å². The zero-order valence-electron chi connectivity index (χ0n) is 11.8. The highest BCUT2D eigenvalue weighted by Gasteiger charge is 2.11. The molecular formula is C15H17N3O2S. The van der Waals surface area contributed by atoms with E-state index in [0.717, 1.165) is 17.1 Å². The van der Waals surface area contributed by atoms with Crippen LogP contribution in [0.25, 0.3) is 0 Å². The van der Waals surface area contributed by atoms with Crippen molar-refractivity contribution in [2.45, 2.75) is 19.8 Å². The van der Waals surface area contributed by atoms with Gasteiger partial charge in [0, 0.05) is 17.4 Å². The van der Waals surface area contributed by atoms with Crippen molar-refractivity contribution in [3.05, 3.63) is 45.9 Å². The average molecular weight is 303 g/mol. The van der Waals surface area contributed by atoms with Crippen LogP contribution in [-0.2, 0) is 17.6 Å². The highest BCUT2D eigenvalue weighted by molar-refractivity contribution is 7.09. The number of nitrogens with one attached hydrogen (secondary N) is 1. The topological polar surface area (TPSA) is 85.1 Å².